The molecule has 0 aromatic carbocycles. The predicted octanol–water partition coefficient (Wildman–Crippen LogP) is -0.283. The van der Waals surface area contributed by atoms with E-state index in [0.717, 1.165) is 11.6 Å². The Labute approximate surface area is 93.3 Å². The van der Waals surface area contributed by atoms with E-state index in [4.69, 9.17) is 0 Å². The number of nitrogens with one attached hydrogen (secondary N) is 2. The third-order valence-corrected chi connectivity index (χ3v) is 3.10. The molecule has 1 fully saturated rings. The standard InChI is InChI=1S/C9H16N2O3S/c1-9(2,8(13)14-3)11-7(12)6-4-15-5-10-6/h6,10H,4-5H2,1-3H3,(H,11,12). The van der Waals surface area contributed by atoms with E-state index in [1.54, 1.807) is 25.6 Å². The van der Waals surface area contributed by atoms with E-state index in [1.807, 2.05) is 0 Å². The largest absolute Gasteiger partial charge is 0.467 e. The first-order valence-corrected chi connectivity index (χ1v) is 5.84. The molecule has 1 atom stereocenters. The van der Waals surface area contributed by atoms with E-state index in [1.165, 1.54) is 7.11 Å². The fourth-order valence-corrected chi connectivity index (χ4v) is 2.21. The van der Waals surface area contributed by atoms with Crippen LogP contribution in [0.4, 0.5) is 0 Å². The second kappa shape index (κ2) is 4.85. The maximum absolute atomic E-state index is 11.7. The monoisotopic (exact) mass is 232 g/mol. The van der Waals surface area contributed by atoms with Gasteiger partial charge in [-0.1, -0.05) is 0 Å². The van der Waals surface area contributed by atoms with Crippen molar-refractivity contribution in [3.63, 3.8) is 0 Å². The minimum Gasteiger partial charge on any atom is -0.467 e. The lowest BCUT2D eigenvalue weighted by molar-refractivity contribution is -0.149. The van der Waals surface area contributed by atoms with E-state index in [-0.39, 0.29) is 11.9 Å². The Morgan fingerprint density at radius 3 is 2.67 bits per heavy atom. The van der Waals surface area contributed by atoms with E-state index in [0.29, 0.717) is 0 Å². The summed E-state index contributed by atoms with van der Waals surface area (Å²) in [5, 5.41) is 5.69. The molecule has 1 aliphatic heterocycles. The summed E-state index contributed by atoms with van der Waals surface area (Å²) in [7, 11) is 1.31. The molecule has 1 unspecified atom stereocenters. The molecule has 1 heterocycles. The second-order valence-electron chi connectivity index (χ2n) is 3.88. The molecule has 0 aromatic rings. The molecule has 0 bridgehead atoms. The highest BCUT2D eigenvalue weighted by atomic mass is 32.2. The van der Waals surface area contributed by atoms with Gasteiger partial charge >= 0.3 is 5.97 Å². The summed E-state index contributed by atoms with van der Waals surface area (Å²) >= 11 is 1.66. The maximum atomic E-state index is 11.7. The Hall–Kier alpha value is -0.750. The van der Waals surface area contributed by atoms with E-state index < -0.39 is 11.5 Å². The number of rotatable bonds is 3. The molecular formula is C9H16N2O3S. The number of amides is 1. The smallest absolute Gasteiger partial charge is 0.330 e. The number of esters is 1. The predicted molar refractivity (Wildman–Crippen MR) is 58.5 cm³/mol. The number of carbonyl (C=O) groups excluding carboxylic acids is 2. The second-order valence-corrected chi connectivity index (χ2v) is 4.91. The maximum Gasteiger partial charge on any atom is 0.330 e. The van der Waals surface area contributed by atoms with Crippen molar-refractivity contribution in [2.75, 3.05) is 18.7 Å². The van der Waals surface area contributed by atoms with Crippen LogP contribution in [0, 0.1) is 0 Å². The van der Waals surface area contributed by atoms with Crippen LogP contribution in [0.2, 0.25) is 0 Å². The normalized spacial score (nSPS) is 21.1. The van der Waals surface area contributed by atoms with Crippen molar-refractivity contribution in [1.29, 1.82) is 0 Å². The first kappa shape index (κ1) is 12.3. The van der Waals surface area contributed by atoms with Gasteiger partial charge in [-0.25, -0.2) is 4.79 Å². The summed E-state index contributed by atoms with van der Waals surface area (Å²) in [6.45, 7) is 3.25. The molecule has 1 rings (SSSR count). The van der Waals surface area contributed by atoms with Crippen molar-refractivity contribution in [1.82, 2.24) is 10.6 Å². The van der Waals surface area contributed by atoms with Gasteiger partial charge in [-0.15, -0.1) is 11.8 Å². The van der Waals surface area contributed by atoms with Gasteiger partial charge in [0.1, 0.15) is 5.54 Å². The van der Waals surface area contributed by atoms with E-state index >= 15 is 0 Å². The lowest BCUT2D eigenvalue weighted by atomic mass is 10.1. The van der Waals surface area contributed by atoms with Gasteiger partial charge in [0, 0.05) is 11.6 Å². The Morgan fingerprint density at radius 2 is 2.20 bits per heavy atom. The van der Waals surface area contributed by atoms with Crippen LogP contribution in [0.1, 0.15) is 13.8 Å². The number of hydrogen-bond donors (Lipinski definition) is 2. The molecule has 5 nitrogen and oxygen atoms in total. The van der Waals surface area contributed by atoms with Gasteiger partial charge in [-0.2, -0.15) is 0 Å². The van der Waals surface area contributed by atoms with Crippen LogP contribution in [0.5, 0.6) is 0 Å². The molecule has 86 valence electrons. The van der Waals surface area contributed by atoms with Crippen molar-refractivity contribution in [3.05, 3.63) is 0 Å². The zero-order valence-electron chi connectivity index (χ0n) is 9.12. The summed E-state index contributed by atoms with van der Waals surface area (Å²) in [4.78, 5) is 23.0. The minimum absolute atomic E-state index is 0.157. The zero-order chi connectivity index (χ0) is 11.5. The Kier molecular flexibility index (Phi) is 3.98. The molecular weight excluding hydrogens is 216 g/mol. The van der Waals surface area contributed by atoms with E-state index in [9.17, 15) is 9.59 Å². The third kappa shape index (κ3) is 3.10. The van der Waals surface area contributed by atoms with Crippen LogP contribution in [0.15, 0.2) is 0 Å². The fourth-order valence-electron chi connectivity index (χ4n) is 1.26. The fraction of sp³-hybridized carbons (Fsp3) is 0.778. The molecule has 1 aliphatic rings. The van der Waals surface area contributed by atoms with Crippen molar-refractivity contribution >= 4 is 23.6 Å². The van der Waals surface area contributed by atoms with Crippen LogP contribution in [-0.4, -0.2) is 42.2 Å². The first-order valence-electron chi connectivity index (χ1n) is 4.69. The van der Waals surface area contributed by atoms with Crippen molar-refractivity contribution in [2.24, 2.45) is 0 Å². The Bertz CT molecular complexity index is 262. The summed E-state index contributed by atoms with van der Waals surface area (Å²) in [6.07, 6.45) is 0. The van der Waals surface area contributed by atoms with Crippen molar-refractivity contribution in [2.45, 2.75) is 25.4 Å². The van der Waals surface area contributed by atoms with Gasteiger partial charge < -0.3 is 10.1 Å². The van der Waals surface area contributed by atoms with Crippen LogP contribution in [0.3, 0.4) is 0 Å². The molecule has 6 heteroatoms. The van der Waals surface area contributed by atoms with E-state index in [2.05, 4.69) is 15.4 Å². The van der Waals surface area contributed by atoms with Gasteiger partial charge in [0.2, 0.25) is 5.91 Å². The van der Waals surface area contributed by atoms with Crippen LogP contribution in [0.25, 0.3) is 0 Å². The van der Waals surface area contributed by atoms with Gasteiger partial charge in [0.25, 0.3) is 0 Å². The lowest BCUT2D eigenvalue weighted by Crippen LogP contribution is -2.55. The summed E-state index contributed by atoms with van der Waals surface area (Å²) in [6, 6.07) is -0.209. The first-order chi connectivity index (χ1) is 6.97. The number of hydrogen-bond acceptors (Lipinski definition) is 5. The minimum atomic E-state index is -0.971. The number of thioether (sulfide) groups is 1. The highest BCUT2D eigenvalue weighted by Crippen LogP contribution is 2.11. The molecule has 2 N–H and O–H groups in total. The Balaban J connectivity index is 2.52. The van der Waals surface area contributed by atoms with Gasteiger partial charge in [-0.3, -0.25) is 10.1 Å². The number of ether oxygens (including phenoxy) is 1. The highest BCUT2D eigenvalue weighted by Gasteiger charge is 2.33. The molecule has 1 amide bonds. The average Bonchev–Trinajstić information content (AvgIpc) is 2.68. The molecule has 15 heavy (non-hydrogen) atoms. The van der Waals surface area contributed by atoms with Gasteiger partial charge in [-0.05, 0) is 13.8 Å². The Morgan fingerprint density at radius 1 is 1.53 bits per heavy atom. The summed E-state index contributed by atoms with van der Waals surface area (Å²) in [5.74, 6) is 0.914. The third-order valence-electron chi connectivity index (χ3n) is 2.16. The van der Waals surface area contributed by atoms with Crippen molar-refractivity contribution < 1.29 is 14.3 Å². The van der Waals surface area contributed by atoms with Gasteiger partial charge in [0.05, 0.1) is 13.2 Å². The highest BCUT2D eigenvalue weighted by molar-refractivity contribution is 7.99. The lowest BCUT2D eigenvalue weighted by Gasteiger charge is -2.24. The summed E-state index contributed by atoms with van der Waals surface area (Å²) < 4.78 is 4.60. The molecule has 0 aromatic heterocycles. The van der Waals surface area contributed by atoms with Gasteiger partial charge in [0.15, 0.2) is 0 Å². The molecule has 0 radical (unpaired) electrons. The number of carbonyl (C=O) groups is 2. The molecule has 0 saturated carbocycles. The molecule has 0 aliphatic carbocycles. The zero-order valence-corrected chi connectivity index (χ0v) is 9.94. The quantitative estimate of drug-likeness (QED) is 0.655. The molecule has 1 saturated heterocycles. The van der Waals surface area contributed by atoms with Crippen LogP contribution < -0.4 is 10.6 Å². The average molecular weight is 232 g/mol. The number of methoxy groups -OCH3 is 1. The molecule has 0 spiro atoms. The topological polar surface area (TPSA) is 67.4 Å². The van der Waals surface area contributed by atoms with Crippen LogP contribution >= 0.6 is 11.8 Å². The summed E-state index contributed by atoms with van der Waals surface area (Å²) in [5.41, 5.74) is -0.971. The SMILES string of the molecule is COC(=O)C(C)(C)NC(=O)C1CSCN1. The van der Waals surface area contributed by atoms with Crippen molar-refractivity contribution in [3.8, 4) is 0 Å². The van der Waals surface area contributed by atoms with Crippen LogP contribution in [-0.2, 0) is 14.3 Å².